The molecule has 0 aromatic heterocycles. The fourth-order valence-electron chi connectivity index (χ4n) is 0.692. The number of hydrogen-bond donors (Lipinski definition) is 0. The minimum absolute atomic E-state index is 0.696. The molecule has 0 radical (unpaired) electrons. The van der Waals surface area contributed by atoms with Crippen LogP contribution >= 0.6 is 0 Å². The van der Waals surface area contributed by atoms with Crippen LogP contribution in [0.2, 0.25) is 0 Å². The van der Waals surface area contributed by atoms with Gasteiger partial charge < -0.3 is 0 Å². The summed E-state index contributed by atoms with van der Waals surface area (Å²) in [4.78, 5) is 2.66. The average molecular weight is 111 g/mol. The summed E-state index contributed by atoms with van der Waals surface area (Å²) in [5.41, 5.74) is 7.86. The van der Waals surface area contributed by atoms with Crippen LogP contribution in [0, 0.1) is 5.92 Å². The summed E-state index contributed by atoms with van der Waals surface area (Å²) in [6.07, 6.45) is 3.80. The summed E-state index contributed by atoms with van der Waals surface area (Å²) in [6, 6.07) is 0. The van der Waals surface area contributed by atoms with Crippen LogP contribution in [0.25, 0.3) is 10.4 Å². The molecule has 0 saturated heterocycles. The molecule has 0 atom stereocenters. The van der Waals surface area contributed by atoms with Crippen molar-refractivity contribution in [3.8, 4) is 0 Å². The SMILES string of the molecule is [N-]=[N+]=NCCC1CC1. The van der Waals surface area contributed by atoms with E-state index in [2.05, 4.69) is 10.0 Å². The first-order chi connectivity index (χ1) is 3.93. The van der Waals surface area contributed by atoms with Crippen LogP contribution in [0.3, 0.4) is 0 Å². The van der Waals surface area contributed by atoms with Crippen LogP contribution < -0.4 is 0 Å². The molecule has 0 aromatic carbocycles. The highest BCUT2D eigenvalue weighted by atomic mass is 15.1. The number of hydrogen-bond acceptors (Lipinski definition) is 1. The third-order valence-corrected chi connectivity index (χ3v) is 1.40. The van der Waals surface area contributed by atoms with Gasteiger partial charge in [-0.05, 0) is 17.9 Å². The van der Waals surface area contributed by atoms with Gasteiger partial charge in [-0.3, -0.25) is 0 Å². The number of rotatable bonds is 3. The Labute approximate surface area is 48.3 Å². The molecular formula is C5H9N3. The van der Waals surface area contributed by atoms with Crippen molar-refractivity contribution in [3.05, 3.63) is 10.4 Å². The lowest BCUT2D eigenvalue weighted by Gasteiger charge is -1.84. The quantitative estimate of drug-likeness (QED) is 0.304. The molecule has 44 valence electrons. The van der Waals surface area contributed by atoms with Crippen molar-refractivity contribution in [2.75, 3.05) is 6.54 Å². The fourth-order valence-corrected chi connectivity index (χ4v) is 0.692. The first-order valence-corrected chi connectivity index (χ1v) is 2.94. The van der Waals surface area contributed by atoms with E-state index in [1.807, 2.05) is 0 Å². The summed E-state index contributed by atoms with van der Waals surface area (Å²) in [7, 11) is 0. The Hall–Kier alpha value is -0.690. The zero-order valence-electron chi connectivity index (χ0n) is 4.75. The van der Waals surface area contributed by atoms with Crippen LogP contribution in [0.1, 0.15) is 19.3 Å². The summed E-state index contributed by atoms with van der Waals surface area (Å²) in [5.74, 6) is 0.889. The van der Waals surface area contributed by atoms with E-state index in [0.29, 0.717) is 6.54 Å². The highest BCUT2D eigenvalue weighted by Crippen LogP contribution is 2.31. The summed E-state index contributed by atoms with van der Waals surface area (Å²) >= 11 is 0. The van der Waals surface area contributed by atoms with E-state index >= 15 is 0 Å². The summed E-state index contributed by atoms with van der Waals surface area (Å²) < 4.78 is 0. The van der Waals surface area contributed by atoms with E-state index < -0.39 is 0 Å². The van der Waals surface area contributed by atoms with Crippen molar-refractivity contribution in [3.63, 3.8) is 0 Å². The van der Waals surface area contributed by atoms with Gasteiger partial charge in [0.05, 0.1) is 0 Å². The van der Waals surface area contributed by atoms with E-state index in [1.54, 1.807) is 0 Å². The fraction of sp³-hybridized carbons (Fsp3) is 1.00. The second-order valence-electron chi connectivity index (χ2n) is 2.19. The maximum Gasteiger partial charge on any atom is 0.0260 e. The van der Waals surface area contributed by atoms with Gasteiger partial charge in [0.2, 0.25) is 0 Å². The highest BCUT2D eigenvalue weighted by molar-refractivity contribution is 4.73. The second-order valence-corrected chi connectivity index (χ2v) is 2.19. The molecule has 0 N–H and O–H groups in total. The largest absolute Gasteiger partial charge is 0.0940 e. The average Bonchev–Trinajstić information content (AvgIpc) is 2.51. The van der Waals surface area contributed by atoms with Gasteiger partial charge in [-0.2, -0.15) is 0 Å². The van der Waals surface area contributed by atoms with E-state index in [1.165, 1.54) is 12.8 Å². The Balaban J connectivity index is 1.95. The van der Waals surface area contributed by atoms with Crippen molar-refractivity contribution in [2.24, 2.45) is 11.0 Å². The molecule has 1 rings (SSSR count). The van der Waals surface area contributed by atoms with Crippen molar-refractivity contribution in [1.29, 1.82) is 0 Å². The van der Waals surface area contributed by atoms with Gasteiger partial charge in [-0.1, -0.05) is 18.0 Å². The minimum atomic E-state index is 0.696. The Morgan fingerprint density at radius 3 is 2.88 bits per heavy atom. The van der Waals surface area contributed by atoms with Gasteiger partial charge in [-0.25, -0.2) is 0 Å². The molecule has 1 fully saturated rings. The molecule has 0 heterocycles. The molecule has 3 heteroatoms. The predicted octanol–water partition coefficient (Wildman–Crippen LogP) is 2.10. The first-order valence-electron chi connectivity index (χ1n) is 2.94. The molecule has 0 aliphatic heterocycles. The standard InChI is InChI=1S/C5H9N3/c6-8-7-4-3-5-1-2-5/h5H,1-4H2. The molecule has 1 saturated carbocycles. The number of nitrogens with zero attached hydrogens (tertiary/aromatic N) is 3. The van der Waals surface area contributed by atoms with Crippen LogP contribution in [0.5, 0.6) is 0 Å². The Morgan fingerprint density at radius 2 is 2.38 bits per heavy atom. The Bertz CT molecular complexity index is 111. The summed E-state index contributed by atoms with van der Waals surface area (Å²) in [6.45, 7) is 0.696. The van der Waals surface area contributed by atoms with Gasteiger partial charge in [0.1, 0.15) is 0 Å². The first kappa shape index (κ1) is 5.45. The van der Waals surface area contributed by atoms with Crippen LogP contribution in [0.4, 0.5) is 0 Å². The third kappa shape index (κ3) is 1.85. The molecule has 1 aliphatic rings. The van der Waals surface area contributed by atoms with Gasteiger partial charge in [0.15, 0.2) is 0 Å². The van der Waals surface area contributed by atoms with Gasteiger partial charge in [-0.15, -0.1) is 0 Å². The lowest BCUT2D eigenvalue weighted by molar-refractivity contribution is 0.736. The van der Waals surface area contributed by atoms with Crippen LogP contribution in [-0.2, 0) is 0 Å². The van der Waals surface area contributed by atoms with Gasteiger partial charge in [0, 0.05) is 11.5 Å². The Morgan fingerprint density at radius 1 is 1.62 bits per heavy atom. The maximum absolute atomic E-state index is 7.86. The molecule has 0 aromatic rings. The zero-order valence-corrected chi connectivity index (χ0v) is 4.75. The van der Waals surface area contributed by atoms with Gasteiger partial charge in [0.25, 0.3) is 0 Å². The lowest BCUT2D eigenvalue weighted by atomic mass is 10.3. The maximum atomic E-state index is 7.86. The normalized spacial score (nSPS) is 17.5. The van der Waals surface area contributed by atoms with Crippen molar-refractivity contribution < 1.29 is 0 Å². The molecule has 0 amide bonds. The molecule has 1 aliphatic carbocycles. The minimum Gasteiger partial charge on any atom is -0.0940 e. The highest BCUT2D eigenvalue weighted by Gasteiger charge is 2.19. The molecular weight excluding hydrogens is 102 g/mol. The van der Waals surface area contributed by atoms with Crippen molar-refractivity contribution >= 4 is 0 Å². The summed E-state index contributed by atoms with van der Waals surface area (Å²) in [5, 5.41) is 3.43. The van der Waals surface area contributed by atoms with Gasteiger partial charge >= 0.3 is 0 Å². The lowest BCUT2D eigenvalue weighted by Crippen LogP contribution is -1.78. The van der Waals surface area contributed by atoms with E-state index in [4.69, 9.17) is 5.53 Å². The zero-order chi connectivity index (χ0) is 5.82. The van der Waals surface area contributed by atoms with E-state index in [-0.39, 0.29) is 0 Å². The molecule has 0 bridgehead atoms. The topological polar surface area (TPSA) is 48.8 Å². The predicted molar refractivity (Wildman–Crippen MR) is 31.4 cm³/mol. The Kier molecular flexibility index (Phi) is 1.75. The van der Waals surface area contributed by atoms with Crippen LogP contribution in [-0.4, -0.2) is 6.54 Å². The molecule has 0 spiro atoms. The molecule has 3 nitrogen and oxygen atoms in total. The van der Waals surface area contributed by atoms with Crippen molar-refractivity contribution in [2.45, 2.75) is 19.3 Å². The van der Waals surface area contributed by atoms with E-state index in [9.17, 15) is 0 Å². The smallest absolute Gasteiger partial charge is 0.0260 e. The van der Waals surface area contributed by atoms with Crippen LogP contribution in [0.15, 0.2) is 5.11 Å². The second kappa shape index (κ2) is 2.58. The molecule has 8 heavy (non-hydrogen) atoms. The van der Waals surface area contributed by atoms with Crippen molar-refractivity contribution in [1.82, 2.24) is 0 Å². The van der Waals surface area contributed by atoms with E-state index in [0.717, 1.165) is 12.3 Å². The third-order valence-electron chi connectivity index (χ3n) is 1.40. The monoisotopic (exact) mass is 111 g/mol. The molecule has 0 unspecified atom stereocenters. The number of azide groups is 1.